The van der Waals surface area contributed by atoms with Gasteiger partial charge in [-0.1, -0.05) is 24.6 Å². The first-order chi connectivity index (χ1) is 15.5. The van der Waals surface area contributed by atoms with E-state index in [0.717, 1.165) is 18.2 Å². The summed E-state index contributed by atoms with van der Waals surface area (Å²) in [6.45, 7) is 1.68. The summed E-state index contributed by atoms with van der Waals surface area (Å²) in [5.41, 5.74) is -3.46. The molecule has 0 bridgehead atoms. The SMILES string of the molecule is CCC(CC(O)(C=Nc1cc(F)cc2[nH]c(=O)ccc12)C(F)(F)F)c1ccc(Cl)cc1OC. The maximum absolute atomic E-state index is 14.0. The minimum Gasteiger partial charge on any atom is -0.496 e. The van der Waals surface area contributed by atoms with E-state index in [2.05, 4.69) is 9.98 Å². The smallest absolute Gasteiger partial charge is 0.422 e. The minimum absolute atomic E-state index is 0.0718. The number of aliphatic hydroxyl groups is 1. The second kappa shape index (κ2) is 9.52. The summed E-state index contributed by atoms with van der Waals surface area (Å²) in [4.78, 5) is 17.7. The molecular formula is C23H21ClF4N2O3. The molecular weight excluding hydrogens is 464 g/mol. The molecule has 0 spiro atoms. The minimum atomic E-state index is -5.07. The van der Waals surface area contributed by atoms with E-state index in [1.807, 2.05) is 0 Å². The van der Waals surface area contributed by atoms with Gasteiger partial charge in [-0.05, 0) is 48.6 Å². The molecule has 2 N–H and O–H groups in total. The highest BCUT2D eigenvalue weighted by molar-refractivity contribution is 6.30. The van der Waals surface area contributed by atoms with Gasteiger partial charge in [0.1, 0.15) is 11.6 Å². The lowest BCUT2D eigenvalue weighted by Crippen LogP contribution is -2.47. The number of nitrogens with one attached hydrogen (secondary N) is 1. The van der Waals surface area contributed by atoms with Gasteiger partial charge in [-0.2, -0.15) is 13.2 Å². The predicted octanol–water partition coefficient (Wildman–Crippen LogP) is 5.91. The van der Waals surface area contributed by atoms with Gasteiger partial charge in [-0.15, -0.1) is 0 Å². The quantitative estimate of drug-likeness (QED) is 0.323. The van der Waals surface area contributed by atoms with Crippen LogP contribution in [0, 0.1) is 5.82 Å². The fraction of sp³-hybridized carbons (Fsp3) is 0.304. The molecule has 0 aliphatic heterocycles. The third-order valence-corrected chi connectivity index (χ3v) is 5.61. The van der Waals surface area contributed by atoms with Gasteiger partial charge in [0.25, 0.3) is 0 Å². The van der Waals surface area contributed by atoms with Crippen molar-refractivity contribution in [1.29, 1.82) is 0 Å². The average Bonchev–Trinajstić information content (AvgIpc) is 2.74. The van der Waals surface area contributed by atoms with Crippen LogP contribution >= 0.6 is 11.6 Å². The molecule has 10 heteroatoms. The van der Waals surface area contributed by atoms with Crippen molar-refractivity contribution in [3.63, 3.8) is 0 Å². The summed E-state index contributed by atoms with van der Waals surface area (Å²) in [7, 11) is 1.37. The van der Waals surface area contributed by atoms with E-state index in [9.17, 15) is 27.5 Å². The number of H-pyrrole nitrogens is 1. The van der Waals surface area contributed by atoms with E-state index in [1.165, 1.54) is 25.3 Å². The van der Waals surface area contributed by atoms with Crippen LogP contribution < -0.4 is 10.3 Å². The Morgan fingerprint density at radius 3 is 2.58 bits per heavy atom. The Bertz CT molecular complexity index is 1240. The largest absolute Gasteiger partial charge is 0.496 e. The van der Waals surface area contributed by atoms with Crippen LogP contribution in [-0.2, 0) is 0 Å². The van der Waals surface area contributed by atoms with Gasteiger partial charge in [-0.3, -0.25) is 9.79 Å². The molecule has 0 aliphatic rings. The van der Waals surface area contributed by atoms with Gasteiger partial charge in [-0.25, -0.2) is 4.39 Å². The highest BCUT2D eigenvalue weighted by Crippen LogP contribution is 2.42. The molecule has 0 amide bonds. The van der Waals surface area contributed by atoms with E-state index in [0.29, 0.717) is 22.6 Å². The predicted molar refractivity (Wildman–Crippen MR) is 119 cm³/mol. The third-order valence-electron chi connectivity index (χ3n) is 5.38. The van der Waals surface area contributed by atoms with E-state index < -0.39 is 35.5 Å². The van der Waals surface area contributed by atoms with Crippen molar-refractivity contribution in [3.8, 4) is 5.75 Å². The zero-order chi connectivity index (χ0) is 24.4. The molecule has 3 aromatic rings. The number of pyridine rings is 1. The van der Waals surface area contributed by atoms with Crippen LogP contribution in [0.5, 0.6) is 5.75 Å². The Hall–Kier alpha value is -2.91. The van der Waals surface area contributed by atoms with Gasteiger partial charge >= 0.3 is 6.18 Å². The highest BCUT2D eigenvalue weighted by atomic mass is 35.5. The molecule has 2 unspecified atom stereocenters. The summed E-state index contributed by atoms with van der Waals surface area (Å²) in [6, 6.07) is 9.00. The Morgan fingerprint density at radius 1 is 1.21 bits per heavy atom. The first-order valence-corrected chi connectivity index (χ1v) is 10.4. The molecule has 0 saturated heterocycles. The van der Waals surface area contributed by atoms with Gasteiger partial charge in [0.05, 0.1) is 18.3 Å². The van der Waals surface area contributed by atoms with Crippen molar-refractivity contribution in [3.05, 3.63) is 69.2 Å². The molecule has 0 saturated carbocycles. The van der Waals surface area contributed by atoms with Crippen LogP contribution in [0.4, 0.5) is 23.2 Å². The number of fused-ring (bicyclic) bond motifs is 1. The number of hydrogen-bond acceptors (Lipinski definition) is 4. The number of ether oxygens (including phenoxy) is 1. The number of hydrogen-bond donors (Lipinski definition) is 2. The summed E-state index contributed by atoms with van der Waals surface area (Å²) in [5.74, 6) is -1.25. The lowest BCUT2D eigenvalue weighted by Gasteiger charge is -2.31. The molecule has 2 atom stereocenters. The number of benzene rings is 2. The molecule has 5 nitrogen and oxygen atoms in total. The number of halogens is 5. The maximum Gasteiger partial charge on any atom is 0.422 e. The molecule has 0 fully saturated rings. The number of nitrogens with zero attached hydrogens (tertiary/aromatic N) is 1. The molecule has 0 radical (unpaired) electrons. The Morgan fingerprint density at radius 2 is 1.94 bits per heavy atom. The van der Waals surface area contributed by atoms with Crippen LogP contribution in [0.3, 0.4) is 0 Å². The highest BCUT2D eigenvalue weighted by Gasteiger charge is 2.53. The molecule has 1 aromatic heterocycles. The van der Waals surface area contributed by atoms with Gasteiger partial charge in [0.15, 0.2) is 5.60 Å². The number of alkyl halides is 3. The number of aromatic nitrogens is 1. The fourth-order valence-electron chi connectivity index (χ4n) is 3.61. The standard InChI is InChI=1S/C23H21ClF4N2O3/c1-3-13(16-5-4-14(24)8-20(16)33-2)11-22(32,23(26,27)28)12-29-18-9-15(25)10-19-17(18)6-7-21(31)30-19/h4-10,12-13,32H,3,11H2,1-2H3,(H,30,31). The molecule has 176 valence electrons. The van der Waals surface area contributed by atoms with Crippen LogP contribution in [0.2, 0.25) is 5.02 Å². The average molecular weight is 485 g/mol. The molecule has 1 heterocycles. The number of aromatic amines is 1. The number of aliphatic imine (C=N–C) groups is 1. The van der Waals surface area contributed by atoms with Crippen molar-refractivity contribution in [2.45, 2.75) is 37.5 Å². The number of methoxy groups -OCH3 is 1. The zero-order valence-corrected chi connectivity index (χ0v) is 18.5. The van der Waals surface area contributed by atoms with E-state index in [1.54, 1.807) is 13.0 Å². The lowest BCUT2D eigenvalue weighted by atomic mass is 9.84. The van der Waals surface area contributed by atoms with Crippen molar-refractivity contribution < 1.29 is 27.4 Å². The molecule has 33 heavy (non-hydrogen) atoms. The van der Waals surface area contributed by atoms with E-state index in [-0.39, 0.29) is 23.0 Å². The molecule has 3 rings (SSSR count). The van der Waals surface area contributed by atoms with Gasteiger partial charge in [0, 0.05) is 28.8 Å². The zero-order valence-electron chi connectivity index (χ0n) is 17.7. The lowest BCUT2D eigenvalue weighted by molar-refractivity contribution is -0.232. The Balaban J connectivity index is 2.05. The maximum atomic E-state index is 14.0. The van der Waals surface area contributed by atoms with Crippen molar-refractivity contribution in [2.24, 2.45) is 4.99 Å². The monoisotopic (exact) mass is 484 g/mol. The molecule has 0 aliphatic carbocycles. The van der Waals surface area contributed by atoms with Crippen LogP contribution in [-0.4, -0.2) is 35.2 Å². The van der Waals surface area contributed by atoms with Crippen molar-refractivity contribution >= 4 is 34.4 Å². The van der Waals surface area contributed by atoms with Crippen molar-refractivity contribution in [2.75, 3.05) is 7.11 Å². The van der Waals surface area contributed by atoms with Crippen molar-refractivity contribution in [1.82, 2.24) is 4.98 Å². The van der Waals surface area contributed by atoms with Crippen LogP contribution in [0.25, 0.3) is 10.9 Å². The summed E-state index contributed by atoms with van der Waals surface area (Å²) in [5, 5.41) is 11.3. The van der Waals surface area contributed by atoms with Gasteiger partial charge < -0.3 is 14.8 Å². The van der Waals surface area contributed by atoms with E-state index in [4.69, 9.17) is 16.3 Å². The summed E-state index contributed by atoms with van der Waals surface area (Å²) in [6.07, 6.45) is -5.19. The Kier molecular flexibility index (Phi) is 7.14. The van der Waals surface area contributed by atoms with Crippen LogP contribution in [0.1, 0.15) is 31.2 Å². The first kappa shape index (κ1) is 24.7. The van der Waals surface area contributed by atoms with Gasteiger partial charge in [0.2, 0.25) is 5.56 Å². The Labute approximate surface area is 191 Å². The summed E-state index contributed by atoms with van der Waals surface area (Å²) >= 11 is 5.95. The second-order valence-corrected chi connectivity index (χ2v) is 8.02. The molecule has 2 aromatic carbocycles. The van der Waals surface area contributed by atoms with E-state index >= 15 is 0 Å². The third kappa shape index (κ3) is 5.36. The second-order valence-electron chi connectivity index (χ2n) is 7.58. The first-order valence-electron chi connectivity index (χ1n) is 9.97. The number of rotatable bonds is 7. The topological polar surface area (TPSA) is 74.7 Å². The normalized spacial score (nSPS) is 15.0. The fourth-order valence-corrected chi connectivity index (χ4v) is 3.77. The summed E-state index contributed by atoms with van der Waals surface area (Å²) < 4.78 is 61.2. The van der Waals surface area contributed by atoms with Crippen LogP contribution in [0.15, 0.2) is 52.3 Å².